The van der Waals surface area contributed by atoms with Gasteiger partial charge in [0.05, 0.1) is 142 Å². The van der Waals surface area contributed by atoms with E-state index in [0.29, 0.717) is 152 Å². The maximum absolute atomic E-state index is 13.2. The predicted octanol–water partition coefficient (Wildman–Crippen LogP) is 1.12. The second kappa shape index (κ2) is 35.7. The summed E-state index contributed by atoms with van der Waals surface area (Å²) in [6, 6.07) is 3.51. The number of carboxylic acids is 1. The van der Waals surface area contributed by atoms with Gasteiger partial charge in [-0.15, -0.1) is 0 Å². The molecule has 4 N–H and O–H groups in total. The average Bonchev–Trinajstić information content (AvgIpc) is 3.55. The Hall–Kier alpha value is -4.49. The maximum Gasteiger partial charge on any atom is 0.303 e. The number of aliphatic carboxylic acids is 1. The number of imide groups is 2. The van der Waals surface area contributed by atoms with E-state index in [9.17, 15) is 33.6 Å². The highest BCUT2D eigenvalue weighted by Gasteiger charge is 2.45. The van der Waals surface area contributed by atoms with Crippen molar-refractivity contribution in [3.8, 4) is 0 Å². The molecule has 0 saturated carbocycles. The quantitative estimate of drug-likeness (QED) is 0.0528. The fourth-order valence-corrected chi connectivity index (χ4v) is 6.29. The predicted molar refractivity (Wildman–Crippen MR) is 233 cm³/mol. The monoisotopic (exact) mass is 940 g/mol. The first-order chi connectivity index (χ1) is 32.2. The molecule has 372 valence electrons. The first-order valence-corrected chi connectivity index (χ1v) is 22.6. The van der Waals surface area contributed by atoms with E-state index in [-0.39, 0.29) is 60.7 Å². The molecule has 2 aliphatic heterocycles. The molecule has 0 spiro atoms. The largest absolute Gasteiger partial charge is 0.481 e. The van der Waals surface area contributed by atoms with Gasteiger partial charge in [-0.2, -0.15) is 0 Å². The van der Waals surface area contributed by atoms with Gasteiger partial charge in [0.15, 0.2) is 0 Å². The van der Waals surface area contributed by atoms with Crippen LogP contribution < -0.4 is 16.0 Å². The number of amides is 6. The number of nitrogens with one attached hydrogen (secondary N) is 3. The van der Waals surface area contributed by atoms with E-state index in [1.807, 2.05) is 0 Å². The van der Waals surface area contributed by atoms with Crippen LogP contribution in [-0.4, -0.2) is 196 Å². The number of benzene rings is 1. The summed E-state index contributed by atoms with van der Waals surface area (Å²) >= 11 is 0. The van der Waals surface area contributed by atoms with Crippen LogP contribution in [0.15, 0.2) is 18.2 Å². The standard InChI is InChI=1S/C44H68N4O18/c49-37(11-12-40(52)53)45-13-5-15-58-17-19-60-21-23-62-25-27-64-29-31-66-33-32-65-30-28-63-26-24-61-22-20-59-18-16-57-14-3-1-2-8-38(50)46-35-7-4-6-34-41(35)44(56)48(43(34)55)36-9-10-39(51)47-42(36)54/h4,6-7,36H,1-3,5,8-33H2,(H,45,49)(H,46,50)(H,52,53)(H,47,51,54). The first kappa shape index (κ1) is 55.8. The Labute approximate surface area is 385 Å². The molecule has 1 unspecified atom stereocenters. The van der Waals surface area contributed by atoms with E-state index in [1.54, 1.807) is 12.1 Å². The Kier molecular flexibility index (Phi) is 30.2. The van der Waals surface area contributed by atoms with E-state index in [0.717, 1.165) is 17.7 Å². The third kappa shape index (κ3) is 24.3. The zero-order chi connectivity index (χ0) is 47.5. The molecule has 66 heavy (non-hydrogen) atoms. The van der Waals surface area contributed by atoms with E-state index in [1.165, 1.54) is 6.07 Å². The topological polar surface area (TPSA) is 271 Å². The van der Waals surface area contributed by atoms with Crippen LogP contribution in [0.4, 0.5) is 5.69 Å². The fourth-order valence-electron chi connectivity index (χ4n) is 6.29. The molecule has 3 rings (SSSR count). The zero-order valence-corrected chi connectivity index (χ0v) is 37.9. The van der Waals surface area contributed by atoms with E-state index in [2.05, 4.69) is 16.0 Å². The number of carbonyl (C=O) groups is 7. The molecule has 1 saturated heterocycles. The lowest BCUT2D eigenvalue weighted by Gasteiger charge is -2.27. The van der Waals surface area contributed by atoms with Crippen LogP contribution in [-0.2, 0) is 71.3 Å². The number of piperidine rings is 1. The summed E-state index contributed by atoms with van der Waals surface area (Å²) in [6.45, 7) is 9.43. The van der Waals surface area contributed by atoms with Crippen molar-refractivity contribution in [2.24, 2.45) is 0 Å². The highest BCUT2D eigenvalue weighted by molar-refractivity contribution is 6.26. The second-order valence-electron chi connectivity index (χ2n) is 14.8. The Morgan fingerprint density at radius 3 is 1.50 bits per heavy atom. The number of fused-ring (bicyclic) bond motifs is 1. The summed E-state index contributed by atoms with van der Waals surface area (Å²) in [6.07, 6.45) is 2.84. The third-order valence-corrected chi connectivity index (χ3v) is 9.64. The van der Waals surface area contributed by atoms with Gasteiger partial charge in [-0.25, -0.2) is 0 Å². The Balaban J connectivity index is 0.973. The number of carbonyl (C=O) groups excluding carboxylic acids is 6. The average molecular weight is 941 g/mol. The van der Waals surface area contributed by atoms with Crippen molar-refractivity contribution < 1.29 is 86.0 Å². The van der Waals surface area contributed by atoms with Crippen molar-refractivity contribution in [3.63, 3.8) is 0 Å². The van der Waals surface area contributed by atoms with Crippen LogP contribution in [0.5, 0.6) is 0 Å². The normalized spacial score (nSPS) is 14.7. The molecule has 0 aliphatic carbocycles. The van der Waals surface area contributed by atoms with Crippen LogP contribution in [0.25, 0.3) is 0 Å². The van der Waals surface area contributed by atoms with Gasteiger partial charge in [-0.1, -0.05) is 12.5 Å². The smallest absolute Gasteiger partial charge is 0.303 e. The molecule has 22 heteroatoms. The Morgan fingerprint density at radius 2 is 1.03 bits per heavy atom. The molecule has 6 amide bonds. The molecule has 1 fully saturated rings. The van der Waals surface area contributed by atoms with E-state index in [4.69, 9.17) is 52.5 Å². The molecular formula is C44H68N4O18. The number of hydrogen-bond acceptors (Lipinski definition) is 17. The summed E-state index contributed by atoms with van der Waals surface area (Å²) < 4.78 is 54.9. The number of unbranched alkanes of at least 4 members (excludes halogenated alkanes) is 2. The minimum atomic E-state index is -1.08. The fraction of sp³-hybridized carbons (Fsp3) is 0.705. The first-order valence-electron chi connectivity index (χ1n) is 22.6. The third-order valence-electron chi connectivity index (χ3n) is 9.64. The number of rotatable bonds is 42. The van der Waals surface area contributed by atoms with Gasteiger partial charge in [0, 0.05) is 39.0 Å². The van der Waals surface area contributed by atoms with Crippen molar-refractivity contribution in [2.75, 3.05) is 144 Å². The molecule has 2 aliphatic rings. The number of anilines is 1. The summed E-state index contributed by atoms with van der Waals surface area (Å²) in [5.74, 6) is -4.02. The summed E-state index contributed by atoms with van der Waals surface area (Å²) in [5, 5.41) is 16.1. The number of carboxylic acid groups (broad SMARTS) is 1. The lowest BCUT2D eigenvalue weighted by molar-refractivity contribution is -0.139. The van der Waals surface area contributed by atoms with Gasteiger partial charge in [0.25, 0.3) is 11.8 Å². The molecular weight excluding hydrogens is 872 g/mol. The highest BCUT2D eigenvalue weighted by atomic mass is 16.6. The van der Waals surface area contributed by atoms with Gasteiger partial charge in [-0.05, 0) is 37.8 Å². The Bertz CT molecular complexity index is 1620. The number of nitrogens with zero attached hydrogens (tertiary/aromatic N) is 1. The molecule has 1 atom stereocenters. The summed E-state index contributed by atoms with van der Waals surface area (Å²) in [4.78, 5) is 85.4. The zero-order valence-electron chi connectivity index (χ0n) is 37.9. The van der Waals surface area contributed by atoms with Gasteiger partial charge in [0.2, 0.25) is 23.6 Å². The molecule has 0 radical (unpaired) electrons. The van der Waals surface area contributed by atoms with Crippen molar-refractivity contribution >= 4 is 47.1 Å². The minimum Gasteiger partial charge on any atom is -0.481 e. The van der Waals surface area contributed by atoms with E-state index >= 15 is 0 Å². The van der Waals surface area contributed by atoms with Crippen LogP contribution >= 0.6 is 0 Å². The molecule has 0 aromatic heterocycles. The number of ether oxygens (including phenoxy) is 10. The van der Waals surface area contributed by atoms with Crippen LogP contribution in [0.3, 0.4) is 0 Å². The van der Waals surface area contributed by atoms with Crippen molar-refractivity contribution in [2.45, 2.75) is 63.8 Å². The maximum atomic E-state index is 13.2. The molecule has 22 nitrogen and oxygen atoms in total. The van der Waals surface area contributed by atoms with Crippen molar-refractivity contribution in [1.29, 1.82) is 0 Å². The van der Waals surface area contributed by atoms with Crippen LogP contribution in [0, 0.1) is 0 Å². The second-order valence-corrected chi connectivity index (χ2v) is 14.8. The highest BCUT2D eigenvalue weighted by Crippen LogP contribution is 2.32. The van der Waals surface area contributed by atoms with Gasteiger partial charge >= 0.3 is 5.97 Å². The molecule has 0 bridgehead atoms. The minimum absolute atomic E-state index is 0.0222. The van der Waals surface area contributed by atoms with Crippen LogP contribution in [0.1, 0.15) is 78.5 Å². The van der Waals surface area contributed by atoms with Gasteiger partial charge < -0.3 is 63.1 Å². The van der Waals surface area contributed by atoms with E-state index < -0.39 is 35.6 Å². The van der Waals surface area contributed by atoms with Gasteiger partial charge in [-0.3, -0.25) is 43.8 Å². The SMILES string of the molecule is O=C(O)CCC(=O)NCCCOCCOCCOCCOCCOCCOCCOCCOCCOCCOCCCCCC(=O)Nc1cccc2c1C(=O)N(C1CCC(=O)NC1=O)C2=O. The molecule has 2 heterocycles. The van der Waals surface area contributed by atoms with Crippen molar-refractivity contribution in [3.05, 3.63) is 29.3 Å². The van der Waals surface area contributed by atoms with Crippen molar-refractivity contribution in [1.82, 2.24) is 15.5 Å². The number of hydrogen-bond donors (Lipinski definition) is 4. The molecule has 1 aromatic rings. The lowest BCUT2D eigenvalue weighted by Crippen LogP contribution is -2.54. The molecule has 1 aromatic carbocycles. The van der Waals surface area contributed by atoms with Gasteiger partial charge in [0.1, 0.15) is 6.04 Å². The summed E-state index contributed by atoms with van der Waals surface area (Å²) in [7, 11) is 0. The lowest BCUT2D eigenvalue weighted by atomic mass is 10.0. The Morgan fingerprint density at radius 1 is 0.561 bits per heavy atom. The van der Waals surface area contributed by atoms with Crippen LogP contribution in [0.2, 0.25) is 0 Å². The summed E-state index contributed by atoms with van der Waals surface area (Å²) in [5.41, 5.74) is 0.362.